The van der Waals surface area contributed by atoms with E-state index in [1.165, 1.54) is 64.2 Å². The molecule has 0 aromatic rings. The van der Waals surface area contributed by atoms with Crippen LogP contribution in [0.5, 0.6) is 0 Å². The van der Waals surface area contributed by atoms with Crippen LogP contribution in [-0.4, -0.2) is 5.79 Å². The molecule has 1 aliphatic rings. The van der Waals surface area contributed by atoms with E-state index in [0.29, 0.717) is 0 Å². The van der Waals surface area contributed by atoms with Crippen molar-refractivity contribution in [2.24, 2.45) is 0 Å². The minimum Gasteiger partial charge on any atom is -0.457 e. The van der Waals surface area contributed by atoms with Gasteiger partial charge in [-0.05, 0) is 12.8 Å². The molecular weight excluding hydrogens is 236 g/mol. The van der Waals surface area contributed by atoms with Gasteiger partial charge in [0.2, 0.25) is 5.79 Å². The molecule has 0 spiro atoms. The van der Waals surface area contributed by atoms with Gasteiger partial charge in [-0.25, -0.2) is 0 Å². The second kappa shape index (κ2) is 10.2. The molecular formula is C17H32O2. The lowest BCUT2D eigenvalue weighted by atomic mass is 10.00. The Balaban J connectivity index is 2.02. The molecule has 19 heavy (non-hydrogen) atoms. The zero-order chi connectivity index (χ0) is 13.8. The van der Waals surface area contributed by atoms with Gasteiger partial charge in [0, 0.05) is 12.8 Å². The molecule has 1 heterocycles. The molecule has 1 aliphatic heterocycles. The number of rotatable bonds is 12. The maximum absolute atomic E-state index is 5.70. The van der Waals surface area contributed by atoms with Gasteiger partial charge >= 0.3 is 0 Å². The predicted octanol–water partition coefficient (Wildman–Crippen LogP) is 5.92. The summed E-state index contributed by atoms with van der Waals surface area (Å²) < 4.78 is 11.4. The van der Waals surface area contributed by atoms with Gasteiger partial charge in [0.1, 0.15) is 12.5 Å². The van der Waals surface area contributed by atoms with Crippen LogP contribution in [0.25, 0.3) is 0 Å². The van der Waals surface area contributed by atoms with Crippen LogP contribution in [0.2, 0.25) is 0 Å². The molecule has 0 aromatic carbocycles. The van der Waals surface area contributed by atoms with Crippen molar-refractivity contribution in [1.29, 1.82) is 0 Å². The van der Waals surface area contributed by atoms with Gasteiger partial charge in [-0.3, -0.25) is 0 Å². The van der Waals surface area contributed by atoms with Crippen molar-refractivity contribution < 1.29 is 9.47 Å². The standard InChI is InChI=1S/C17H32O2/c1-3-5-7-8-9-10-11-12-14-17(13-6-4-2)18-15-16-19-17/h15-16H,3-14H2,1-2H3. The van der Waals surface area contributed by atoms with Crippen molar-refractivity contribution in [3.05, 3.63) is 12.5 Å². The third-order valence-electron chi connectivity index (χ3n) is 3.94. The Kier molecular flexibility index (Phi) is 8.77. The molecule has 0 unspecified atom stereocenters. The van der Waals surface area contributed by atoms with E-state index in [1.807, 2.05) is 0 Å². The lowest BCUT2D eigenvalue weighted by molar-refractivity contribution is -0.153. The van der Waals surface area contributed by atoms with E-state index in [4.69, 9.17) is 9.47 Å². The largest absolute Gasteiger partial charge is 0.457 e. The maximum atomic E-state index is 5.70. The maximum Gasteiger partial charge on any atom is 0.249 e. The van der Waals surface area contributed by atoms with Gasteiger partial charge in [-0.2, -0.15) is 0 Å². The van der Waals surface area contributed by atoms with Gasteiger partial charge in [0.25, 0.3) is 0 Å². The van der Waals surface area contributed by atoms with Crippen LogP contribution >= 0.6 is 0 Å². The first-order valence-corrected chi connectivity index (χ1v) is 8.33. The highest BCUT2D eigenvalue weighted by molar-refractivity contribution is 4.83. The Hall–Kier alpha value is -0.660. The van der Waals surface area contributed by atoms with Crippen molar-refractivity contribution in [1.82, 2.24) is 0 Å². The van der Waals surface area contributed by atoms with Crippen LogP contribution in [0.1, 0.15) is 90.9 Å². The summed E-state index contributed by atoms with van der Waals surface area (Å²) in [6.45, 7) is 4.48. The first-order chi connectivity index (χ1) is 9.33. The summed E-state index contributed by atoms with van der Waals surface area (Å²) in [7, 11) is 0. The van der Waals surface area contributed by atoms with E-state index >= 15 is 0 Å². The molecule has 0 bridgehead atoms. The number of unbranched alkanes of at least 4 members (excludes halogenated alkanes) is 8. The Morgan fingerprint density at radius 3 is 1.68 bits per heavy atom. The highest BCUT2D eigenvalue weighted by atomic mass is 16.7. The third-order valence-corrected chi connectivity index (χ3v) is 3.94. The Labute approximate surface area is 119 Å². The predicted molar refractivity (Wildman–Crippen MR) is 80.8 cm³/mol. The molecule has 0 N–H and O–H groups in total. The fourth-order valence-corrected chi connectivity index (χ4v) is 2.67. The van der Waals surface area contributed by atoms with Crippen LogP contribution in [0.4, 0.5) is 0 Å². The van der Waals surface area contributed by atoms with Crippen molar-refractivity contribution in [3.8, 4) is 0 Å². The SMILES string of the molecule is CCCCCCCCCCC1(CCCC)OC=CO1. The van der Waals surface area contributed by atoms with Crippen molar-refractivity contribution in [2.75, 3.05) is 0 Å². The lowest BCUT2D eigenvalue weighted by Gasteiger charge is -2.27. The number of hydrogen-bond donors (Lipinski definition) is 0. The van der Waals surface area contributed by atoms with E-state index < -0.39 is 0 Å². The van der Waals surface area contributed by atoms with Crippen LogP contribution < -0.4 is 0 Å². The molecule has 0 amide bonds. The summed E-state index contributed by atoms with van der Waals surface area (Å²) in [6, 6.07) is 0. The average Bonchev–Trinajstić information content (AvgIpc) is 2.89. The van der Waals surface area contributed by atoms with E-state index in [2.05, 4.69) is 13.8 Å². The molecule has 2 heteroatoms. The minimum absolute atomic E-state index is 0.321. The third kappa shape index (κ3) is 6.89. The summed E-state index contributed by atoms with van der Waals surface area (Å²) in [5.41, 5.74) is 0. The van der Waals surface area contributed by atoms with Gasteiger partial charge in [0.15, 0.2) is 0 Å². The molecule has 0 atom stereocenters. The van der Waals surface area contributed by atoms with Gasteiger partial charge in [-0.1, -0.05) is 65.2 Å². The summed E-state index contributed by atoms with van der Waals surface area (Å²) in [5, 5.41) is 0. The summed E-state index contributed by atoms with van der Waals surface area (Å²) in [5.74, 6) is -0.321. The lowest BCUT2D eigenvalue weighted by Crippen LogP contribution is -2.29. The fraction of sp³-hybridized carbons (Fsp3) is 0.882. The molecule has 0 aromatic heterocycles. The highest BCUT2D eigenvalue weighted by Gasteiger charge is 2.33. The fourth-order valence-electron chi connectivity index (χ4n) is 2.67. The second-order valence-electron chi connectivity index (χ2n) is 5.75. The zero-order valence-electron chi connectivity index (χ0n) is 13.0. The highest BCUT2D eigenvalue weighted by Crippen LogP contribution is 2.32. The molecule has 0 saturated heterocycles. The molecule has 112 valence electrons. The Morgan fingerprint density at radius 2 is 1.11 bits per heavy atom. The number of ether oxygens (including phenoxy) is 2. The van der Waals surface area contributed by atoms with Crippen LogP contribution in [0.3, 0.4) is 0 Å². The topological polar surface area (TPSA) is 18.5 Å². The smallest absolute Gasteiger partial charge is 0.249 e. The summed E-state index contributed by atoms with van der Waals surface area (Å²) in [6.07, 6.45) is 18.7. The monoisotopic (exact) mass is 268 g/mol. The molecule has 0 radical (unpaired) electrons. The minimum atomic E-state index is -0.321. The van der Waals surface area contributed by atoms with Gasteiger partial charge < -0.3 is 9.47 Å². The average molecular weight is 268 g/mol. The molecule has 0 aliphatic carbocycles. The molecule has 2 nitrogen and oxygen atoms in total. The normalized spacial score (nSPS) is 16.3. The van der Waals surface area contributed by atoms with E-state index in [1.54, 1.807) is 12.5 Å². The van der Waals surface area contributed by atoms with E-state index in [9.17, 15) is 0 Å². The van der Waals surface area contributed by atoms with Crippen molar-refractivity contribution >= 4 is 0 Å². The Morgan fingerprint density at radius 1 is 0.632 bits per heavy atom. The summed E-state index contributed by atoms with van der Waals surface area (Å²) >= 11 is 0. The molecule has 0 saturated carbocycles. The van der Waals surface area contributed by atoms with Gasteiger partial charge in [-0.15, -0.1) is 0 Å². The van der Waals surface area contributed by atoms with Crippen molar-refractivity contribution in [3.63, 3.8) is 0 Å². The second-order valence-corrected chi connectivity index (χ2v) is 5.75. The molecule has 0 fully saturated rings. The zero-order valence-corrected chi connectivity index (χ0v) is 13.0. The van der Waals surface area contributed by atoms with Crippen LogP contribution in [-0.2, 0) is 9.47 Å². The van der Waals surface area contributed by atoms with E-state index in [0.717, 1.165) is 12.8 Å². The number of hydrogen-bond acceptors (Lipinski definition) is 2. The Bertz CT molecular complexity index is 227. The van der Waals surface area contributed by atoms with Gasteiger partial charge in [0.05, 0.1) is 0 Å². The quantitative estimate of drug-likeness (QED) is 0.409. The first-order valence-electron chi connectivity index (χ1n) is 8.33. The first kappa shape index (κ1) is 16.4. The van der Waals surface area contributed by atoms with E-state index in [-0.39, 0.29) is 5.79 Å². The molecule has 1 rings (SSSR count). The van der Waals surface area contributed by atoms with Crippen LogP contribution in [0.15, 0.2) is 12.5 Å². The van der Waals surface area contributed by atoms with Crippen molar-refractivity contribution in [2.45, 2.75) is 96.7 Å². The van der Waals surface area contributed by atoms with Crippen LogP contribution in [0, 0.1) is 0 Å². The summed E-state index contributed by atoms with van der Waals surface area (Å²) in [4.78, 5) is 0.